The van der Waals surface area contributed by atoms with Crippen LogP contribution < -0.4 is 10.1 Å². The number of piperidine rings is 1. The lowest BCUT2D eigenvalue weighted by atomic mass is 9.95. The number of thiazole rings is 1. The maximum absolute atomic E-state index is 13.0. The molecule has 0 saturated carbocycles. The number of anilines is 1. The van der Waals surface area contributed by atoms with Crippen LogP contribution in [0, 0.1) is 19.8 Å². The quantitative estimate of drug-likeness (QED) is 0.432. The van der Waals surface area contributed by atoms with Crippen molar-refractivity contribution < 1.29 is 14.3 Å². The van der Waals surface area contributed by atoms with Gasteiger partial charge in [-0.3, -0.25) is 9.59 Å². The van der Waals surface area contributed by atoms with Gasteiger partial charge in [-0.25, -0.2) is 9.97 Å². The molecule has 4 aromatic rings. The fraction of sp³-hybridized carbons (Fsp3) is 0.308. The van der Waals surface area contributed by atoms with Crippen LogP contribution >= 0.6 is 11.3 Å². The van der Waals surface area contributed by atoms with Crippen molar-refractivity contribution in [1.82, 2.24) is 19.3 Å². The van der Waals surface area contributed by atoms with Gasteiger partial charge in [0.25, 0.3) is 5.91 Å². The minimum Gasteiger partial charge on any atom is -0.487 e. The Balaban J connectivity index is 1.12. The van der Waals surface area contributed by atoms with Crippen LogP contribution in [-0.2, 0) is 11.4 Å². The highest BCUT2D eigenvalue weighted by Crippen LogP contribution is 2.23. The first kappa shape index (κ1) is 23.0. The Hall–Kier alpha value is -3.72. The summed E-state index contributed by atoms with van der Waals surface area (Å²) in [5.74, 6) is 0.528. The zero-order chi connectivity index (χ0) is 24.4. The second-order valence-corrected chi connectivity index (χ2v) is 9.73. The van der Waals surface area contributed by atoms with Gasteiger partial charge in [0.05, 0.1) is 11.4 Å². The van der Waals surface area contributed by atoms with Crippen LogP contribution in [0.25, 0.3) is 5.65 Å². The Morgan fingerprint density at radius 1 is 1.06 bits per heavy atom. The number of fused-ring (bicyclic) bond motifs is 1. The zero-order valence-electron chi connectivity index (χ0n) is 19.7. The molecule has 1 aromatic carbocycles. The molecule has 1 aliphatic rings. The van der Waals surface area contributed by atoms with Crippen LogP contribution in [0.15, 0.2) is 54.2 Å². The normalized spacial score (nSPS) is 14.3. The number of ether oxygens (including phenoxy) is 1. The molecule has 0 unspecified atom stereocenters. The molecule has 9 heteroatoms. The van der Waals surface area contributed by atoms with Gasteiger partial charge in [0.15, 0.2) is 5.13 Å². The second kappa shape index (κ2) is 9.87. The van der Waals surface area contributed by atoms with Crippen LogP contribution in [0.5, 0.6) is 5.75 Å². The van der Waals surface area contributed by atoms with Crippen LogP contribution in [0.2, 0.25) is 0 Å². The molecule has 4 heterocycles. The summed E-state index contributed by atoms with van der Waals surface area (Å²) in [6.07, 6.45) is 5.27. The number of hydrogen-bond donors (Lipinski definition) is 1. The van der Waals surface area contributed by atoms with Gasteiger partial charge in [-0.15, -0.1) is 11.3 Å². The zero-order valence-corrected chi connectivity index (χ0v) is 20.5. The lowest BCUT2D eigenvalue weighted by Gasteiger charge is -2.31. The number of carbonyl (C=O) groups is 2. The predicted octanol–water partition coefficient (Wildman–Crippen LogP) is 4.48. The summed E-state index contributed by atoms with van der Waals surface area (Å²) in [4.78, 5) is 36.1. The maximum Gasteiger partial charge on any atom is 0.253 e. The number of likely N-dealkylation sites (tertiary alicyclic amines) is 1. The average Bonchev–Trinajstić information content (AvgIpc) is 3.47. The van der Waals surface area contributed by atoms with Gasteiger partial charge in [0, 0.05) is 42.3 Å². The molecule has 0 radical (unpaired) electrons. The standard InChI is InChI=1S/C26H27N5O3S/c1-17-3-8-23-28-21(14-31(23)13-17)15-34-22-6-4-20(5-7-22)25(33)30-11-9-19(10-12-30)24(32)29-26-27-18(2)16-35-26/h3-8,13-14,16,19H,9-12,15H2,1-2H3,(H,27,29,32). The maximum atomic E-state index is 13.0. The van der Waals surface area contributed by atoms with Crippen molar-refractivity contribution in [2.24, 2.45) is 5.92 Å². The molecule has 2 amide bonds. The molecule has 35 heavy (non-hydrogen) atoms. The van der Waals surface area contributed by atoms with Crippen LogP contribution in [-0.4, -0.2) is 44.2 Å². The van der Waals surface area contributed by atoms with Crippen LogP contribution in [0.3, 0.4) is 0 Å². The van der Waals surface area contributed by atoms with E-state index in [0.717, 1.165) is 17.0 Å². The average molecular weight is 490 g/mol. The van der Waals surface area contributed by atoms with Crippen molar-refractivity contribution in [2.75, 3.05) is 18.4 Å². The van der Waals surface area contributed by atoms with Crippen molar-refractivity contribution >= 4 is 33.9 Å². The third kappa shape index (κ3) is 5.35. The number of pyridine rings is 1. The first-order valence-corrected chi connectivity index (χ1v) is 12.5. The second-order valence-electron chi connectivity index (χ2n) is 8.87. The third-order valence-electron chi connectivity index (χ3n) is 6.14. The minimum absolute atomic E-state index is 0.0197. The highest BCUT2D eigenvalue weighted by Gasteiger charge is 2.28. The van der Waals surface area contributed by atoms with E-state index in [2.05, 4.69) is 15.3 Å². The van der Waals surface area contributed by atoms with Crippen molar-refractivity contribution in [3.63, 3.8) is 0 Å². The summed E-state index contributed by atoms with van der Waals surface area (Å²) in [6.45, 7) is 5.40. The molecule has 1 aliphatic heterocycles. The number of hydrogen-bond acceptors (Lipinski definition) is 6. The monoisotopic (exact) mass is 489 g/mol. The summed E-state index contributed by atoms with van der Waals surface area (Å²) >= 11 is 1.43. The van der Waals surface area contributed by atoms with Gasteiger partial charge in [0.2, 0.25) is 5.91 Å². The van der Waals surface area contributed by atoms with E-state index in [9.17, 15) is 9.59 Å². The van der Waals surface area contributed by atoms with Crippen LogP contribution in [0.1, 0.15) is 40.2 Å². The summed E-state index contributed by atoms with van der Waals surface area (Å²) in [5, 5.41) is 5.43. The first-order chi connectivity index (χ1) is 16.9. The Labute approximate surface area is 207 Å². The van der Waals surface area contributed by atoms with E-state index in [-0.39, 0.29) is 17.7 Å². The highest BCUT2D eigenvalue weighted by atomic mass is 32.1. The smallest absolute Gasteiger partial charge is 0.253 e. The number of amides is 2. The fourth-order valence-electron chi connectivity index (χ4n) is 4.22. The van der Waals surface area contributed by atoms with Gasteiger partial charge in [-0.1, -0.05) is 6.07 Å². The number of benzene rings is 1. The number of aryl methyl sites for hydroxylation is 2. The molecule has 180 valence electrons. The van der Waals surface area contributed by atoms with Gasteiger partial charge in [-0.05, 0) is 62.6 Å². The summed E-state index contributed by atoms with van der Waals surface area (Å²) in [5.41, 5.74) is 4.40. The highest BCUT2D eigenvalue weighted by molar-refractivity contribution is 7.13. The summed E-state index contributed by atoms with van der Waals surface area (Å²) < 4.78 is 7.86. The van der Waals surface area contributed by atoms with E-state index in [0.29, 0.717) is 49.0 Å². The number of rotatable bonds is 6. The van der Waals surface area contributed by atoms with Crippen molar-refractivity contribution in [3.05, 3.63) is 76.7 Å². The molecule has 0 aliphatic carbocycles. The molecule has 1 N–H and O–H groups in total. The number of aromatic nitrogens is 3. The molecule has 5 rings (SSSR count). The Kier molecular flexibility index (Phi) is 6.50. The largest absolute Gasteiger partial charge is 0.487 e. The number of nitrogens with zero attached hydrogens (tertiary/aromatic N) is 4. The van der Waals surface area contributed by atoms with E-state index in [1.54, 1.807) is 12.1 Å². The molecular weight excluding hydrogens is 462 g/mol. The number of nitrogens with one attached hydrogen (secondary N) is 1. The molecule has 1 saturated heterocycles. The number of carbonyl (C=O) groups excluding carboxylic acids is 2. The van der Waals surface area contributed by atoms with Gasteiger partial charge >= 0.3 is 0 Å². The third-order valence-corrected chi connectivity index (χ3v) is 7.01. The molecule has 1 fully saturated rings. The molecule has 8 nitrogen and oxygen atoms in total. The molecule has 3 aromatic heterocycles. The van der Waals surface area contributed by atoms with Gasteiger partial charge in [0.1, 0.15) is 18.0 Å². The van der Waals surface area contributed by atoms with E-state index < -0.39 is 0 Å². The van der Waals surface area contributed by atoms with Gasteiger partial charge < -0.3 is 19.4 Å². The molecule has 0 spiro atoms. The van der Waals surface area contributed by atoms with E-state index >= 15 is 0 Å². The Bertz CT molecular complexity index is 1350. The number of imidazole rings is 1. The van der Waals surface area contributed by atoms with E-state index in [1.807, 2.05) is 65.2 Å². The predicted molar refractivity (Wildman–Crippen MR) is 135 cm³/mol. The van der Waals surface area contributed by atoms with Crippen molar-refractivity contribution in [2.45, 2.75) is 33.3 Å². The Morgan fingerprint density at radius 3 is 2.54 bits per heavy atom. The van der Waals surface area contributed by atoms with Crippen molar-refractivity contribution in [3.8, 4) is 5.75 Å². The van der Waals surface area contributed by atoms with E-state index in [4.69, 9.17) is 4.74 Å². The first-order valence-electron chi connectivity index (χ1n) is 11.6. The summed E-state index contributed by atoms with van der Waals surface area (Å²) in [7, 11) is 0. The SMILES string of the molecule is Cc1ccc2nc(COc3ccc(C(=O)N4CCC(C(=O)Nc5nc(C)cs5)CC4)cc3)cn2c1. The molecule has 0 bridgehead atoms. The summed E-state index contributed by atoms with van der Waals surface area (Å²) in [6, 6.07) is 11.2. The van der Waals surface area contributed by atoms with Crippen LogP contribution in [0.4, 0.5) is 5.13 Å². The topological polar surface area (TPSA) is 88.8 Å². The van der Waals surface area contributed by atoms with Gasteiger partial charge in [-0.2, -0.15) is 0 Å². The fourth-order valence-corrected chi connectivity index (χ4v) is 4.91. The van der Waals surface area contributed by atoms with E-state index in [1.165, 1.54) is 16.9 Å². The minimum atomic E-state index is -0.109. The lowest BCUT2D eigenvalue weighted by molar-refractivity contribution is -0.121. The van der Waals surface area contributed by atoms with Crippen molar-refractivity contribution in [1.29, 1.82) is 0 Å². The lowest BCUT2D eigenvalue weighted by Crippen LogP contribution is -2.41. The molecule has 0 atom stereocenters. The molecular formula is C26H27N5O3S. The Morgan fingerprint density at radius 2 is 1.83 bits per heavy atom.